The van der Waals surface area contributed by atoms with E-state index in [1.54, 1.807) is 0 Å². The van der Waals surface area contributed by atoms with Gasteiger partial charge in [-0.05, 0) is 58.3 Å². The highest BCUT2D eigenvalue weighted by Crippen LogP contribution is 2.21. The minimum atomic E-state index is 0.530. The summed E-state index contributed by atoms with van der Waals surface area (Å²) in [6, 6.07) is 0. The van der Waals surface area contributed by atoms with E-state index < -0.39 is 0 Å². The lowest BCUT2D eigenvalue weighted by atomic mass is 9.92. The van der Waals surface area contributed by atoms with E-state index in [9.17, 15) is 0 Å². The molecule has 2 aliphatic rings. The summed E-state index contributed by atoms with van der Waals surface area (Å²) < 4.78 is 5.83. The Labute approximate surface area is 134 Å². The molecule has 0 saturated carbocycles. The molecule has 0 aromatic carbocycles. The minimum absolute atomic E-state index is 0.530. The van der Waals surface area contributed by atoms with Gasteiger partial charge in [0.2, 0.25) is 0 Å². The van der Waals surface area contributed by atoms with Crippen LogP contribution in [0.1, 0.15) is 60.3 Å². The fourth-order valence-electron chi connectivity index (χ4n) is 2.96. The minimum Gasteiger partial charge on any atom is -0.376 e. The molecule has 2 saturated heterocycles. The maximum Gasteiger partial charge on any atom is 0.0828 e. The van der Waals surface area contributed by atoms with E-state index in [1.165, 1.54) is 45.3 Å². The zero-order chi connectivity index (χ0) is 16.1. The van der Waals surface area contributed by atoms with E-state index in [0.29, 0.717) is 6.10 Å². The lowest BCUT2D eigenvalue weighted by molar-refractivity contribution is -0.0452. The first kappa shape index (κ1) is 20.9. The quantitative estimate of drug-likeness (QED) is 0.692. The van der Waals surface area contributed by atoms with Crippen LogP contribution in [0.25, 0.3) is 0 Å². The normalized spacial score (nSPS) is 20.9. The number of likely N-dealkylation sites (tertiary alicyclic amines) is 2. The Kier molecular flexibility index (Phi) is 13.5. The summed E-state index contributed by atoms with van der Waals surface area (Å²) in [4.78, 5) is 4.88. The summed E-state index contributed by atoms with van der Waals surface area (Å²) in [5.41, 5.74) is 0. The van der Waals surface area contributed by atoms with Crippen LogP contribution in [0, 0.1) is 5.92 Å². The van der Waals surface area contributed by atoms with Gasteiger partial charge in [0.1, 0.15) is 0 Å². The van der Waals surface area contributed by atoms with Gasteiger partial charge < -0.3 is 14.5 Å². The van der Waals surface area contributed by atoms with Crippen molar-refractivity contribution >= 4 is 0 Å². The van der Waals surface area contributed by atoms with Crippen LogP contribution in [0.3, 0.4) is 0 Å². The van der Waals surface area contributed by atoms with Crippen molar-refractivity contribution in [1.29, 1.82) is 0 Å². The summed E-state index contributed by atoms with van der Waals surface area (Å²) in [6.45, 7) is 17.4. The molecule has 0 aromatic rings. The van der Waals surface area contributed by atoms with Crippen molar-refractivity contribution in [2.75, 3.05) is 46.4 Å². The molecule has 2 rings (SSSR count). The molecule has 0 amide bonds. The van der Waals surface area contributed by atoms with Gasteiger partial charge in [0.15, 0.2) is 0 Å². The standard InChI is InChI=1S/C14H28N2O.2C2H6/c1-3-16-8-6-13(7-9-16)5-4-10-17-14-11-15(2)12-14;2*1-2/h13-14H,3-12H2,1-2H3;2*1-2H3. The van der Waals surface area contributed by atoms with Crippen LogP contribution < -0.4 is 0 Å². The fourth-order valence-corrected chi connectivity index (χ4v) is 2.96. The second-order valence-corrected chi connectivity index (χ2v) is 5.73. The predicted molar refractivity (Wildman–Crippen MR) is 94.0 cm³/mol. The Morgan fingerprint density at radius 1 is 1.00 bits per heavy atom. The summed E-state index contributed by atoms with van der Waals surface area (Å²) in [5, 5.41) is 0. The van der Waals surface area contributed by atoms with Crippen LogP contribution in [-0.4, -0.2) is 62.3 Å². The van der Waals surface area contributed by atoms with Crippen LogP contribution >= 0.6 is 0 Å². The van der Waals surface area contributed by atoms with Crippen LogP contribution in [0.2, 0.25) is 0 Å². The lowest BCUT2D eigenvalue weighted by Gasteiger charge is -2.36. The zero-order valence-electron chi connectivity index (χ0n) is 15.5. The SMILES string of the molecule is CC.CC.CCN1CCC(CCCOC2CN(C)C2)CC1. The van der Waals surface area contributed by atoms with E-state index in [1.807, 2.05) is 27.7 Å². The topological polar surface area (TPSA) is 15.7 Å². The molecule has 3 heteroatoms. The molecule has 2 heterocycles. The molecule has 2 fully saturated rings. The fraction of sp³-hybridized carbons (Fsp3) is 1.00. The molecule has 128 valence electrons. The molecule has 21 heavy (non-hydrogen) atoms. The van der Waals surface area contributed by atoms with Crippen molar-refractivity contribution in [1.82, 2.24) is 9.80 Å². The van der Waals surface area contributed by atoms with Crippen molar-refractivity contribution in [3.63, 3.8) is 0 Å². The van der Waals surface area contributed by atoms with Crippen LogP contribution in [-0.2, 0) is 4.74 Å². The molecule has 0 aromatic heterocycles. The third-order valence-corrected chi connectivity index (χ3v) is 4.30. The maximum absolute atomic E-state index is 5.83. The molecule has 0 N–H and O–H groups in total. The van der Waals surface area contributed by atoms with Crippen molar-refractivity contribution in [3.8, 4) is 0 Å². The van der Waals surface area contributed by atoms with Crippen molar-refractivity contribution < 1.29 is 4.74 Å². The Morgan fingerprint density at radius 3 is 2.05 bits per heavy atom. The van der Waals surface area contributed by atoms with Gasteiger partial charge in [-0.1, -0.05) is 34.6 Å². The first-order chi connectivity index (χ1) is 10.3. The van der Waals surface area contributed by atoms with Gasteiger partial charge in [-0.15, -0.1) is 0 Å². The van der Waals surface area contributed by atoms with Gasteiger partial charge in [-0.2, -0.15) is 0 Å². The lowest BCUT2D eigenvalue weighted by Crippen LogP contribution is -2.49. The summed E-state index contributed by atoms with van der Waals surface area (Å²) in [7, 11) is 2.15. The van der Waals surface area contributed by atoms with E-state index in [2.05, 4.69) is 23.8 Å². The molecule has 0 spiro atoms. The molecule has 0 bridgehead atoms. The first-order valence-corrected chi connectivity index (χ1v) is 9.30. The van der Waals surface area contributed by atoms with Crippen LogP contribution in [0.5, 0.6) is 0 Å². The van der Waals surface area contributed by atoms with E-state index in [0.717, 1.165) is 25.6 Å². The highest BCUT2D eigenvalue weighted by atomic mass is 16.5. The number of rotatable bonds is 6. The molecule has 0 unspecified atom stereocenters. The van der Waals surface area contributed by atoms with Gasteiger partial charge in [0, 0.05) is 19.7 Å². The zero-order valence-corrected chi connectivity index (χ0v) is 15.5. The summed E-state index contributed by atoms with van der Waals surface area (Å²) >= 11 is 0. The van der Waals surface area contributed by atoms with Crippen LogP contribution in [0.4, 0.5) is 0 Å². The third-order valence-electron chi connectivity index (χ3n) is 4.30. The maximum atomic E-state index is 5.83. The third kappa shape index (κ3) is 8.80. The van der Waals surface area contributed by atoms with Crippen molar-refractivity contribution in [2.24, 2.45) is 5.92 Å². The summed E-state index contributed by atoms with van der Waals surface area (Å²) in [6.07, 6.45) is 5.97. The molecule has 3 nitrogen and oxygen atoms in total. The number of ether oxygens (including phenoxy) is 1. The van der Waals surface area contributed by atoms with E-state index in [-0.39, 0.29) is 0 Å². The molecule has 0 atom stereocenters. The molecular formula is C18H40N2O. The van der Waals surface area contributed by atoms with Gasteiger partial charge in [0.25, 0.3) is 0 Å². The van der Waals surface area contributed by atoms with Gasteiger partial charge in [-0.25, -0.2) is 0 Å². The van der Waals surface area contributed by atoms with E-state index in [4.69, 9.17) is 4.74 Å². The molecular weight excluding hydrogens is 260 g/mol. The Balaban J connectivity index is 0.000000921. The predicted octanol–water partition coefficient (Wildman–Crippen LogP) is 3.88. The van der Waals surface area contributed by atoms with Gasteiger partial charge in [-0.3, -0.25) is 0 Å². The number of hydrogen-bond acceptors (Lipinski definition) is 3. The molecule has 0 aliphatic carbocycles. The smallest absolute Gasteiger partial charge is 0.0828 e. The Hall–Kier alpha value is -0.120. The first-order valence-electron chi connectivity index (χ1n) is 9.30. The Bertz CT molecular complexity index is 209. The molecule has 2 aliphatic heterocycles. The second kappa shape index (κ2) is 13.5. The Morgan fingerprint density at radius 2 is 1.57 bits per heavy atom. The average molecular weight is 301 g/mol. The number of piperidine rings is 1. The summed E-state index contributed by atoms with van der Waals surface area (Å²) in [5.74, 6) is 0.963. The highest BCUT2D eigenvalue weighted by Gasteiger charge is 2.23. The van der Waals surface area contributed by atoms with Crippen molar-refractivity contribution in [2.45, 2.75) is 66.4 Å². The highest BCUT2D eigenvalue weighted by molar-refractivity contribution is 4.77. The largest absolute Gasteiger partial charge is 0.376 e. The molecule has 0 radical (unpaired) electrons. The van der Waals surface area contributed by atoms with Gasteiger partial charge in [0.05, 0.1) is 6.10 Å². The van der Waals surface area contributed by atoms with Gasteiger partial charge >= 0.3 is 0 Å². The van der Waals surface area contributed by atoms with Crippen LogP contribution in [0.15, 0.2) is 0 Å². The average Bonchev–Trinajstić information content (AvgIpc) is 2.54. The second-order valence-electron chi connectivity index (χ2n) is 5.73. The van der Waals surface area contributed by atoms with E-state index >= 15 is 0 Å². The number of likely N-dealkylation sites (N-methyl/N-ethyl adjacent to an activating group) is 1. The number of hydrogen-bond donors (Lipinski definition) is 0. The monoisotopic (exact) mass is 300 g/mol. The van der Waals surface area contributed by atoms with Crippen molar-refractivity contribution in [3.05, 3.63) is 0 Å². The number of nitrogens with zero attached hydrogens (tertiary/aromatic N) is 2.